The molecule has 0 aromatic carbocycles. The summed E-state index contributed by atoms with van der Waals surface area (Å²) in [6.07, 6.45) is -3.17. The molecule has 0 unspecified atom stereocenters. The van der Waals surface area contributed by atoms with Crippen molar-refractivity contribution in [3.8, 4) is 6.01 Å². The van der Waals surface area contributed by atoms with Gasteiger partial charge in [-0.05, 0) is 26.7 Å². The molecule has 0 saturated heterocycles. The van der Waals surface area contributed by atoms with E-state index in [1.165, 1.54) is 0 Å². The fraction of sp³-hybridized carbons (Fsp3) is 0.727. The van der Waals surface area contributed by atoms with Gasteiger partial charge < -0.3 is 15.4 Å². The number of anilines is 2. The van der Waals surface area contributed by atoms with Crippen LogP contribution >= 0.6 is 0 Å². The Bertz CT molecular complexity index is 476. The molecule has 0 amide bonds. The minimum absolute atomic E-state index is 0.0599. The Kier molecular flexibility index (Phi) is 3.87. The van der Waals surface area contributed by atoms with Crippen LogP contribution in [0, 0.1) is 0 Å². The molecule has 20 heavy (non-hydrogen) atoms. The summed E-state index contributed by atoms with van der Waals surface area (Å²) in [5.74, 6) is -0.244. The zero-order chi connectivity index (χ0) is 14.9. The van der Waals surface area contributed by atoms with E-state index >= 15 is 0 Å². The van der Waals surface area contributed by atoms with E-state index in [2.05, 4.69) is 15.0 Å². The smallest absolute Gasteiger partial charge is 0.406 e. The highest BCUT2D eigenvalue weighted by Crippen LogP contribution is 2.33. The third-order valence-electron chi connectivity index (χ3n) is 2.56. The maximum Gasteiger partial charge on any atom is 0.406 e. The summed E-state index contributed by atoms with van der Waals surface area (Å²) >= 11 is 0. The molecule has 2 N–H and O–H groups in total. The number of nitrogens with zero attached hydrogens (tertiary/aromatic N) is 4. The molecule has 2 rings (SSSR count). The van der Waals surface area contributed by atoms with E-state index in [1.54, 1.807) is 13.8 Å². The summed E-state index contributed by atoms with van der Waals surface area (Å²) in [6.45, 7) is 2.41. The van der Waals surface area contributed by atoms with Crippen molar-refractivity contribution in [1.29, 1.82) is 0 Å². The van der Waals surface area contributed by atoms with E-state index in [9.17, 15) is 13.2 Å². The van der Waals surface area contributed by atoms with E-state index < -0.39 is 12.7 Å². The minimum Gasteiger partial charge on any atom is -0.461 e. The SMILES string of the molecule is CC(C)Oc1nc(N)nc(N(CC(F)(F)F)C2CC2)n1. The topological polar surface area (TPSA) is 77.2 Å². The highest BCUT2D eigenvalue weighted by molar-refractivity contribution is 5.39. The number of aromatic nitrogens is 3. The molecule has 1 aromatic heterocycles. The summed E-state index contributed by atoms with van der Waals surface area (Å²) < 4.78 is 43.1. The maximum atomic E-state index is 12.6. The van der Waals surface area contributed by atoms with Crippen LogP contribution in [0.2, 0.25) is 0 Å². The Morgan fingerprint density at radius 2 is 1.95 bits per heavy atom. The van der Waals surface area contributed by atoms with E-state index in [4.69, 9.17) is 10.5 Å². The first-order valence-corrected chi connectivity index (χ1v) is 6.26. The van der Waals surface area contributed by atoms with Crippen molar-refractivity contribution in [3.05, 3.63) is 0 Å². The fourth-order valence-electron chi connectivity index (χ4n) is 1.70. The van der Waals surface area contributed by atoms with Crippen molar-refractivity contribution in [2.24, 2.45) is 0 Å². The van der Waals surface area contributed by atoms with E-state index in [1.807, 2.05) is 0 Å². The first kappa shape index (κ1) is 14.6. The van der Waals surface area contributed by atoms with Crippen LogP contribution in [0.5, 0.6) is 6.01 Å². The zero-order valence-corrected chi connectivity index (χ0v) is 11.2. The third kappa shape index (κ3) is 4.10. The number of rotatable bonds is 5. The van der Waals surface area contributed by atoms with Gasteiger partial charge in [0, 0.05) is 6.04 Å². The van der Waals surface area contributed by atoms with Crippen LogP contribution in [0.4, 0.5) is 25.1 Å². The van der Waals surface area contributed by atoms with Gasteiger partial charge in [0.2, 0.25) is 11.9 Å². The normalized spacial score (nSPS) is 15.5. The number of ether oxygens (including phenoxy) is 1. The van der Waals surface area contributed by atoms with Crippen LogP contribution in [0.15, 0.2) is 0 Å². The van der Waals surface area contributed by atoms with Crippen molar-refractivity contribution < 1.29 is 17.9 Å². The first-order chi connectivity index (χ1) is 9.24. The highest BCUT2D eigenvalue weighted by Gasteiger charge is 2.39. The molecule has 1 saturated carbocycles. The summed E-state index contributed by atoms with van der Waals surface area (Å²) in [5.41, 5.74) is 5.51. The van der Waals surface area contributed by atoms with Gasteiger partial charge in [-0.25, -0.2) is 0 Å². The molecule has 0 bridgehead atoms. The lowest BCUT2D eigenvalue weighted by atomic mass is 10.4. The van der Waals surface area contributed by atoms with Gasteiger partial charge in [0.15, 0.2) is 0 Å². The maximum absolute atomic E-state index is 12.6. The van der Waals surface area contributed by atoms with Gasteiger partial charge in [-0.3, -0.25) is 0 Å². The van der Waals surface area contributed by atoms with E-state index in [-0.39, 0.29) is 30.1 Å². The van der Waals surface area contributed by atoms with Gasteiger partial charge in [-0.1, -0.05) is 0 Å². The van der Waals surface area contributed by atoms with Gasteiger partial charge >= 0.3 is 12.2 Å². The standard InChI is InChI=1S/C11H16F3N5O/c1-6(2)20-10-17-8(15)16-9(18-10)19(7-3-4-7)5-11(12,13)14/h6-7H,3-5H2,1-2H3,(H2,15,16,17,18). The summed E-state index contributed by atoms with van der Waals surface area (Å²) in [5, 5.41) is 0. The number of hydrogen-bond donors (Lipinski definition) is 1. The number of nitrogen functional groups attached to an aromatic ring is 1. The molecule has 1 fully saturated rings. The predicted molar refractivity (Wildman–Crippen MR) is 66.4 cm³/mol. The molecular weight excluding hydrogens is 275 g/mol. The lowest BCUT2D eigenvalue weighted by Crippen LogP contribution is -2.37. The quantitative estimate of drug-likeness (QED) is 0.891. The van der Waals surface area contributed by atoms with E-state index in [0.29, 0.717) is 12.8 Å². The van der Waals surface area contributed by atoms with Crippen LogP contribution in [0.25, 0.3) is 0 Å². The van der Waals surface area contributed by atoms with Gasteiger partial charge in [-0.15, -0.1) is 0 Å². The third-order valence-corrected chi connectivity index (χ3v) is 2.56. The fourth-order valence-corrected chi connectivity index (χ4v) is 1.70. The first-order valence-electron chi connectivity index (χ1n) is 6.26. The van der Waals surface area contributed by atoms with Crippen molar-refractivity contribution in [2.75, 3.05) is 17.2 Å². The van der Waals surface area contributed by atoms with Crippen LogP contribution in [0.3, 0.4) is 0 Å². The number of alkyl halides is 3. The largest absolute Gasteiger partial charge is 0.461 e. The Hall–Kier alpha value is -1.80. The molecule has 1 aliphatic rings. The monoisotopic (exact) mass is 291 g/mol. The Morgan fingerprint density at radius 3 is 2.45 bits per heavy atom. The second-order valence-corrected chi connectivity index (χ2v) is 4.92. The average molecular weight is 291 g/mol. The highest BCUT2D eigenvalue weighted by atomic mass is 19.4. The van der Waals surface area contributed by atoms with Crippen LogP contribution in [0.1, 0.15) is 26.7 Å². The summed E-state index contributed by atoms with van der Waals surface area (Å²) in [6, 6.07) is -0.263. The van der Waals surface area contributed by atoms with Crippen molar-refractivity contribution in [3.63, 3.8) is 0 Å². The Balaban J connectivity index is 2.25. The molecule has 0 radical (unpaired) electrons. The Morgan fingerprint density at radius 1 is 1.30 bits per heavy atom. The van der Waals surface area contributed by atoms with Crippen molar-refractivity contribution in [2.45, 2.75) is 45.0 Å². The van der Waals surface area contributed by atoms with Crippen LogP contribution in [-0.2, 0) is 0 Å². The summed E-state index contributed by atoms with van der Waals surface area (Å²) in [7, 11) is 0. The minimum atomic E-state index is -4.33. The predicted octanol–water partition coefficient (Wildman–Crippen LogP) is 1.77. The number of nitrogens with two attached hydrogens (primary N) is 1. The molecule has 6 nitrogen and oxygen atoms in total. The molecule has 1 aromatic rings. The Labute approximate surface area is 114 Å². The molecule has 0 aliphatic heterocycles. The van der Waals surface area contributed by atoms with Gasteiger partial charge in [0.1, 0.15) is 6.54 Å². The van der Waals surface area contributed by atoms with Gasteiger partial charge in [0.05, 0.1) is 6.10 Å². The molecule has 1 aliphatic carbocycles. The zero-order valence-electron chi connectivity index (χ0n) is 11.2. The van der Waals surface area contributed by atoms with Crippen molar-refractivity contribution >= 4 is 11.9 Å². The second kappa shape index (κ2) is 5.29. The van der Waals surface area contributed by atoms with E-state index in [0.717, 1.165) is 4.90 Å². The second-order valence-electron chi connectivity index (χ2n) is 4.92. The molecule has 112 valence electrons. The van der Waals surface area contributed by atoms with Crippen LogP contribution in [-0.4, -0.2) is 39.8 Å². The molecule has 0 atom stereocenters. The molecular formula is C11H16F3N5O. The van der Waals surface area contributed by atoms with Gasteiger partial charge in [-0.2, -0.15) is 28.1 Å². The van der Waals surface area contributed by atoms with Gasteiger partial charge in [0.25, 0.3) is 0 Å². The number of halogens is 3. The summed E-state index contributed by atoms with van der Waals surface area (Å²) in [4.78, 5) is 12.6. The lowest BCUT2D eigenvalue weighted by molar-refractivity contribution is -0.120. The molecule has 0 spiro atoms. The molecule has 1 heterocycles. The van der Waals surface area contributed by atoms with Crippen molar-refractivity contribution in [1.82, 2.24) is 15.0 Å². The van der Waals surface area contributed by atoms with Crippen LogP contribution < -0.4 is 15.4 Å². The average Bonchev–Trinajstić information content (AvgIpc) is 3.06. The lowest BCUT2D eigenvalue weighted by Gasteiger charge is -2.23. The number of hydrogen-bond acceptors (Lipinski definition) is 6. The molecule has 9 heteroatoms.